The fraction of sp³-hybridized carbons (Fsp3) is 0.500. The molecule has 1 atom stereocenters. The first-order chi connectivity index (χ1) is 9.68. The van der Waals surface area contributed by atoms with Crippen molar-refractivity contribution in [3.63, 3.8) is 0 Å². The minimum atomic E-state index is -1.45. The second-order valence-corrected chi connectivity index (χ2v) is 5.40. The van der Waals surface area contributed by atoms with Crippen molar-refractivity contribution in [1.82, 2.24) is 5.32 Å². The molecule has 0 spiro atoms. The number of hydrogen-bond donors (Lipinski definition) is 3. The van der Waals surface area contributed by atoms with E-state index in [1.165, 1.54) is 5.56 Å². The third-order valence-electron chi connectivity index (χ3n) is 4.22. The molecule has 0 fully saturated rings. The SMILES string of the molecule is Cc1c(C)c(C)c(C(=O)NCCC(O)C(=O)O)c(C)c1C. The molecule has 0 aliphatic heterocycles. The summed E-state index contributed by atoms with van der Waals surface area (Å²) in [4.78, 5) is 22.8. The lowest BCUT2D eigenvalue weighted by molar-refractivity contribution is -0.146. The van der Waals surface area contributed by atoms with Gasteiger partial charge in [0.15, 0.2) is 6.10 Å². The van der Waals surface area contributed by atoms with Crippen LogP contribution in [-0.2, 0) is 4.79 Å². The van der Waals surface area contributed by atoms with Crippen molar-refractivity contribution in [3.8, 4) is 0 Å². The fourth-order valence-corrected chi connectivity index (χ4v) is 2.37. The molecule has 0 aromatic heterocycles. The number of carbonyl (C=O) groups is 2. The average Bonchev–Trinajstić information content (AvgIpc) is 2.43. The Morgan fingerprint density at radius 1 is 0.952 bits per heavy atom. The van der Waals surface area contributed by atoms with E-state index in [0.717, 1.165) is 22.3 Å². The Morgan fingerprint density at radius 3 is 1.81 bits per heavy atom. The predicted molar refractivity (Wildman–Crippen MR) is 80.7 cm³/mol. The second kappa shape index (κ2) is 6.72. The Morgan fingerprint density at radius 2 is 1.38 bits per heavy atom. The van der Waals surface area contributed by atoms with Gasteiger partial charge in [0.25, 0.3) is 5.91 Å². The predicted octanol–water partition coefficient (Wildman–Crippen LogP) is 1.79. The number of aliphatic carboxylic acids is 1. The molecule has 1 aromatic rings. The molecule has 1 aromatic carbocycles. The molecule has 1 unspecified atom stereocenters. The van der Waals surface area contributed by atoms with Gasteiger partial charge in [-0.2, -0.15) is 0 Å². The lowest BCUT2D eigenvalue weighted by atomic mass is 9.89. The maximum absolute atomic E-state index is 12.3. The summed E-state index contributed by atoms with van der Waals surface area (Å²) in [5.41, 5.74) is 5.88. The van der Waals surface area contributed by atoms with Crippen molar-refractivity contribution in [2.24, 2.45) is 0 Å². The first-order valence-electron chi connectivity index (χ1n) is 6.94. The number of aliphatic hydroxyl groups excluding tert-OH is 1. The van der Waals surface area contributed by atoms with Gasteiger partial charge in [0.1, 0.15) is 0 Å². The number of rotatable bonds is 5. The first kappa shape index (κ1) is 17.2. The van der Waals surface area contributed by atoms with Crippen LogP contribution < -0.4 is 5.32 Å². The molecule has 0 aliphatic rings. The number of hydrogen-bond acceptors (Lipinski definition) is 3. The van der Waals surface area contributed by atoms with E-state index in [-0.39, 0.29) is 18.9 Å². The summed E-state index contributed by atoms with van der Waals surface area (Å²) >= 11 is 0. The van der Waals surface area contributed by atoms with Gasteiger partial charge < -0.3 is 15.5 Å². The molecule has 1 amide bonds. The number of aliphatic hydroxyl groups is 1. The van der Waals surface area contributed by atoms with Crippen LogP contribution >= 0.6 is 0 Å². The minimum absolute atomic E-state index is 0.0109. The molecule has 0 bridgehead atoms. The molecule has 5 heteroatoms. The Hall–Kier alpha value is -1.88. The maximum atomic E-state index is 12.3. The topological polar surface area (TPSA) is 86.6 Å². The molecule has 5 nitrogen and oxygen atoms in total. The van der Waals surface area contributed by atoms with E-state index in [0.29, 0.717) is 5.56 Å². The summed E-state index contributed by atoms with van der Waals surface area (Å²) in [5, 5.41) is 20.5. The monoisotopic (exact) mass is 293 g/mol. The first-order valence-corrected chi connectivity index (χ1v) is 6.94. The number of carbonyl (C=O) groups excluding carboxylic acids is 1. The highest BCUT2D eigenvalue weighted by Gasteiger charge is 2.19. The quantitative estimate of drug-likeness (QED) is 0.772. The van der Waals surface area contributed by atoms with Crippen molar-refractivity contribution < 1.29 is 19.8 Å². The number of benzene rings is 1. The van der Waals surface area contributed by atoms with Crippen molar-refractivity contribution in [2.75, 3.05) is 6.54 Å². The van der Waals surface area contributed by atoms with Gasteiger partial charge in [-0.05, 0) is 62.4 Å². The van der Waals surface area contributed by atoms with Crippen molar-refractivity contribution in [2.45, 2.75) is 47.1 Å². The Labute approximate surface area is 125 Å². The van der Waals surface area contributed by atoms with Crippen LogP contribution in [0.25, 0.3) is 0 Å². The van der Waals surface area contributed by atoms with E-state index in [4.69, 9.17) is 5.11 Å². The highest BCUT2D eigenvalue weighted by molar-refractivity contribution is 5.98. The molecular weight excluding hydrogens is 270 g/mol. The van der Waals surface area contributed by atoms with Crippen LogP contribution in [0.1, 0.15) is 44.6 Å². The fourth-order valence-electron chi connectivity index (χ4n) is 2.37. The van der Waals surface area contributed by atoms with Crippen LogP contribution in [0.15, 0.2) is 0 Å². The zero-order valence-electron chi connectivity index (χ0n) is 13.2. The van der Waals surface area contributed by atoms with E-state index in [2.05, 4.69) is 5.32 Å². The summed E-state index contributed by atoms with van der Waals surface area (Å²) in [7, 11) is 0. The molecule has 0 saturated carbocycles. The number of carboxylic acids is 1. The molecule has 0 saturated heterocycles. The lowest BCUT2D eigenvalue weighted by Gasteiger charge is -2.18. The highest BCUT2D eigenvalue weighted by Crippen LogP contribution is 2.25. The number of nitrogens with one attached hydrogen (secondary N) is 1. The van der Waals surface area contributed by atoms with Crippen LogP contribution in [-0.4, -0.2) is 34.7 Å². The van der Waals surface area contributed by atoms with E-state index < -0.39 is 12.1 Å². The molecule has 21 heavy (non-hydrogen) atoms. The van der Waals surface area contributed by atoms with Gasteiger partial charge >= 0.3 is 5.97 Å². The van der Waals surface area contributed by atoms with Crippen LogP contribution in [0, 0.1) is 34.6 Å². The molecule has 0 heterocycles. The van der Waals surface area contributed by atoms with Crippen molar-refractivity contribution >= 4 is 11.9 Å². The standard InChI is InChI=1S/C16H23NO4/c1-8-9(2)11(4)14(12(5)10(8)3)15(19)17-7-6-13(18)16(20)21/h13,18H,6-7H2,1-5H3,(H,17,19)(H,20,21). The zero-order chi connectivity index (χ0) is 16.3. The summed E-state index contributed by atoms with van der Waals surface area (Å²) in [6.45, 7) is 9.96. The Kier molecular flexibility index (Phi) is 5.49. The lowest BCUT2D eigenvalue weighted by Crippen LogP contribution is -2.31. The molecule has 1 rings (SSSR count). The summed E-state index contributed by atoms with van der Waals surface area (Å²) in [6.07, 6.45) is -1.46. The largest absolute Gasteiger partial charge is 0.479 e. The van der Waals surface area contributed by atoms with E-state index >= 15 is 0 Å². The average molecular weight is 293 g/mol. The Bertz CT molecular complexity index is 549. The van der Waals surface area contributed by atoms with Gasteiger partial charge in [-0.1, -0.05) is 0 Å². The molecule has 0 aliphatic carbocycles. The number of carboxylic acid groups (broad SMARTS) is 1. The van der Waals surface area contributed by atoms with Gasteiger partial charge in [0, 0.05) is 18.5 Å². The molecule has 3 N–H and O–H groups in total. The van der Waals surface area contributed by atoms with Gasteiger partial charge in [0.2, 0.25) is 0 Å². The van der Waals surface area contributed by atoms with Gasteiger partial charge in [-0.15, -0.1) is 0 Å². The zero-order valence-corrected chi connectivity index (χ0v) is 13.2. The van der Waals surface area contributed by atoms with Crippen LogP contribution in [0.2, 0.25) is 0 Å². The Balaban J connectivity index is 2.92. The highest BCUT2D eigenvalue weighted by atomic mass is 16.4. The van der Waals surface area contributed by atoms with E-state index in [1.54, 1.807) is 0 Å². The summed E-state index contributed by atoms with van der Waals surface area (Å²) in [5.74, 6) is -1.51. The third kappa shape index (κ3) is 3.61. The van der Waals surface area contributed by atoms with E-state index in [9.17, 15) is 14.7 Å². The molecule has 116 valence electrons. The second-order valence-electron chi connectivity index (χ2n) is 5.40. The van der Waals surface area contributed by atoms with Crippen LogP contribution in [0.3, 0.4) is 0 Å². The smallest absolute Gasteiger partial charge is 0.332 e. The maximum Gasteiger partial charge on any atom is 0.332 e. The van der Waals surface area contributed by atoms with Crippen molar-refractivity contribution in [1.29, 1.82) is 0 Å². The van der Waals surface area contributed by atoms with Crippen LogP contribution in [0.5, 0.6) is 0 Å². The molecular formula is C16H23NO4. The van der Waals surface area contributed by atoms with Gasteiger partial charge in [-0.3, -0.25) is 4.79 Å². The minimum Gasteiger partial charge on any atom is -0.479 e. The third-order valence-corrected chi connectivity index (χ3v) is 4.22. The van der Waals surface area contributed by atoms with E-state index in [1.807, 2.05) is 34.6 Å². The van der Waals surface area contributed by atoms with Gasteiger partial charge in [-0.25, -0.2) is 4.79 Å². The van der Waals surface area contributed by atoms with Gasteiger partial charge in [0.05, 0.1) is 0 Å². The summed E-state index contributed by atoms with van der Waals surface area (Å²) in [6, 6.07) is 0. The van der Waals surface area contributed by atoms with Crippen molar-refractivity contribution in [3.05, 3.63) is 33.4 Å². The number of amides is 1. The summed E-state index contributed by atoms with van der Waals surface area (Å²) < 4.78 is 0. The van der Waals surface area contributed by atoms with Crippen LogP contribution in [0.4, 0.5) is 0 Å². The molecule has 0 radical (unpaired) electrons. The normalized spacial score (nSPS) is 12.1.